The van der Waals surface area contributed by atoms with Crippen LogP contribution in [0.3, 0.4) is 0 Å². The topological polar surface area (TPSA) is 20.2 Å². The molecular weight excluding hydrogens is 186 g/mol. The van der Waals surface area contributed by atoms with Crippen LogP contribution in [-0.4, -0.2) is 5.11 Å². The fourth-order valence-electron chi connectivity index (χ4n) is 1.28. The standard InChI is InChI=1S/C11H14F2O/c1-3-7(2)4-8-5-9(12)11(14)10(13)6-8/h5-7,14H,3-4H2,1-2H3. The number of halogens is 2. The lowest BCUT2D eigenvalue weighted by Gasteiger charge is -2.09. The van der Waals surface area contributed by atoms with Gasteiger partial charge < -0.3 is 5.11 Å². The Kier molecular flexibility index (Phi) is 3.44. The smallest absolute Gasteiger partial charge is 0.187 e. The zero-order valence-corrected chi connectivity index (χ0v) is 8.35. The first-order chi connectivity index (χ1) is 6.54. The average Bonchev–Trinajstić information content (AvgIpc) is 2.14. The zero-order chi connectivity index (χ0) is 10.7. The summed E-state index contributed by atoms with van der Waals surface area (Å²) >= 11 is 0. The Morgan fingerprint density at radius 3 is 2.21 bits per heavy atom. The molecule has 3 heteroatoms. The van der Waals surface area contributed by atoms with Gasteiger partial charge in [-0.2, -0.15) is 0 Å². The Labute approximate surface area is 82.4 Å². The molecule has 0 amide bonds. The summed E-state index contributed by atoms with van der Waals surface area (Å²) in [6, 6.07) is 2.37. The van der Waals surface area contributed by atoms with Gasteiger partial charge in [0.05, 0.1) is 0 Å². The van der Waals surface area contributed by atoms with Gasteiger partial charge in [0.15, 0.2) is 17.4 Å². The van der Waals surface area contributed by atoms with E-state index in [9.17, 15) is 8.78 Å². The van der Waals surface area contributed by atoms with E-state index in [1.807, 2.05) is 13.8 Å². The van der Waals surface area contributed by atoms with Crippen molar-refractivity contribution >= 4 is 0 Å². The molecule has 0 aromatic heterocycles. The third-order valence-electron chi connectivity index (χ3n) is 2.36. The molecule has 1 rings (SSSR count). The van der Waals surface area contributed by atoms with Crippen molar-refractivity contribution in [2.45, 2.75) is 26.7 Å². The molecule has 1 atom stereocenters. The van der Waals surface area contributed by atoms with Crippen molar-refractivity contribution in [3.05, 3.63) is 29.3 Å². The molecule has 1 nitrogen and oxygen atoms in total. The summed E-state index contributed by atoms with van der Waals surface area (Å²) in [4.78, 5) is 0. The highest BCUT2D eigenvalue weighted by Crippen LogP contribution is 2.23. The molecule has 1 aromatic carbocycles. The van der Waals surface area contributed by atoms with Crippen LogP contribution in [0.4, 0.5) is 8.78 Å². The van der Waals surface area contributed by atoms with Gasteiger partial charge in [0.25, 0.3) is 0 Å². The van der Waals surface area contributed by atoms with Crippen molar-refractivity contribution in [1.29, 1.82) is 0 Å². The van der Waals surface area contributed by atoms with Crippen LogP contribution in [-0.2, 0) is 6.42 Å². The maximum Gasteiger partial charge on any atom is 0.187 e. The van der Waals surface area contributed by atoms with Crippen molar-refractivity contribution in [3.63, 3.8) is 0 Å². The molecule has 0 bridgehead atoms. The highest BCUT2D eigenvalue weighted by atomic mass is 19.1. The molecular formula is C11H14F2O. The van der Waals surface area contributed by atoms with Crippen LogP contribution < -0.4 is 0 Å². The predicted molar refractivity (Wildman–Crippen MR) is 51.2 cm³/mol. The summed E-state index contributed by atoms with van der Waals surface area (Å²) in [6.07, 6.45) is 1.59. The molecule has 14 heavy (non-hydrogen) atoms. The first-order valence-electron chi connectivity index (χ1n) is 4.71. The lowest BCUT2D eigenvalue weighted by Crippen LogP contribution is -1.99. The monoisotopic (exact) mass is 200 g/mol. The molecule has 0 aliphatic rings. The van der Waals surface area contributed by atoms with Gasteiger partial charge in [-0.05, 0) is 30.0 Å². The minimum Gasteiger partial charge on any atom is -0.503 e. The van der Waals surface area contributed by atoms with E-state index >= 15 is 0 Å². The number of benzene rings is 1. The Morgan fingerprint density at radius 2 is 1.79 bits per heavy atom. The van der Waals surface area contributed by atoms with Crippen LogP contribution >= 0.6 is 0 Å². The molecule has 0 spiro atoms. The van der Waals surface area contributed by atoms with Crippen LogP contribution in [0.5, 0.6) is 5.75 Å². The fourth-order valence-corrected chi connectivity index (χ4v) is 1.28. The van der Waals surface area contributed by atoms with Crippen molar-refractivity contribution in [1.82, 2.24) is 0 Å². The van der Waals surface area contributed by atoms with Crippen molar-refractivity contribution in [2.75, 3.05) is 0 Å². The molecule has 0 radical (unpaired) electrons. The number of hydrogen-bond donors (Lipinski definition) is 1. The van der Waals surface area contributed by atoms with Gasteiger partial charge in [0.1, 0.15) is 0 Å². The second-order valence-electron chi connectivity index (χ2n) is 3.63. The molecule has 0 aliphatic carbocycles. The Bertz CT molecular complexity index is 300. The summed E-state index contributed by atoms with van der Waals surface area (Å²) in [5.74, 6) is -2.28. The number of rotatable bonds is 3. The molecule has 0 fully saturated rings. The molecule has 0 saturated carbocycles. The molecule has 1 aromatic rings. The van der Waals surface area contributed by atoms with E-state index < -0.39 is 17.4 Å². The number of hydrogen-bond acceptors (Lipinski definition) is 1. The summed E-state index contributed by atoms with van der Waals surface area (Å²) in [7, 11) is 0. The fraction of sp³-hybridized carbons (Fsp3) is 0.455. The van der Waals surface area contributed by atoms with Gasteiger partial charge >= 0.3 is 0 Å². The quantitative estimate of drug-likeness (QED) is 0.794. The average molecular weight is 200 g/mol. The van der Waals surface area contributed by atoms with E-state index in [0.717, 1.165) is 6.42 Å². The molecule has 0 aliphatic heterocycles. The number of phenolic OH excluding ortho intramolecular Hbond substituents is 1. The molecule has 0 heterocycles. The first-order valence-corrected chi connectivity index (χ1v) is 4.71. The number of aromatic hydroxyl groups is 1. The third-order valence-corrected chi connectivity index (χ3v) is 2.36. The first kappa shape index (κ1) is 11.0. The van der Waals surface area contributed by atoms with Crippen molar-refractivity contribution in [3.8, 4) is 5.75 Å². The summed E-state index contributed by atoms with van der Waals surface area (Å²) in [6.45, 7) is 4.04. The van der Waals surface area contributed by atoms with E-state index in [2.05, 4.69) is 0 Å². The Hall–Kier alpha value is -1.12. The highest BCUT2D eigenvalue weighted by Gasteiger charge is 2.10. The largest absolute Gasteiger partial charge is 0.503 e. The number of phenols is 1. The molecule has 1 unspecified atom stereocenters. The van der Waals surface area contributed by atoms with Crippen molar-refractivity contribution < 1.29 is 13.9 Å². The van der Waals surface area contributed by atoms with Crippen LogP contribution in [0.15, 0.2) is 12.1 Å². The van der Waals surface area contributed by atoms with Gasteiger partial charge in [-0.3, -0.25) is 0 Å². The lowest BCUT2D eigenvalue weighted by atomic mass is 9.99. The second kappa shape index (κ2) is 4.40. The SMILES string of the molecule is CCC(C)Cc1cc(F)c(O)c(F)c1. The van der Waals surface area contributed by atoms with E-state index in [-0.39, 0.29) is 0 Å². The lowest BCUT2D eigenvalue weighted by molar-refractivity contribution is 0.394. The summed E-state index contributed by atoms with van der Waals surface area (Å²) in [5, 5.41) is 8.87. The zero-order valence-electron chi connectivity index (χ0n) is 8.35. The molecule has 0 saturated heterocycles. The van der Waals surface area contributed by atoms with Crippen LogP contribution in [0.1, 0.15) is 25.8 Å². The van der Waals surface area contributed by atoms with E-state index in [0.29, 0.717) is 17.9 Å². The predicted octanol–water partition coefficient (Wildman–Crippen LogP) is 3.26. The van der Waals surface area contributed by atoms with Gasteiger partial charge in [0.2, 0.25) is 0 Å². The molecule has 78 valence electrons. The van der Waals surface area contributed by atoms with Crippen molar-refractivity contribution in [2.24, 2.45) is 5.92 Å². The van der Waals surface area contributed by atoms with Gasteiger partial charge in [-0.15, -0.1) is 0 Å². The van der Waals surface area contributed by atoms with Gasteiger partial charge in [-0.25, -0.2) is 8.78 Å². The normalized spacial score (nSPS) is 12.9. The third kappa shape index (κ3) is 2.44. The van der Waals surface area contributed by atoms with Crippen LogP contribution in [0, 0.1) is 17.6 Å². The van der Waals surface area contributed by atoms with Crippen LogP contribution in [0.2, 0.25) is 0 Å². The maximum atomic E-state index is 12.9. The Morgan fingerprint density at radius 1 is 1.29 bits per heavy atom. The van der Waals surface area contributed by atoms with Crippen LogP contribution in [0.25, 0.3) is 0 Å². The molecule has 1 N–H and O–H groups in total. The maximum absolute atomic E-state index is 12.9. The van der Waals surface area contributed by atoms with E-state index in [4.69, 9.17) is 5.11 Å². The Balaban J connectivity index is 2.89. The second-order valence-corrected chi connectivity index (χ2v) is 3.63. The highest BCUT2D eigenvalue weighted by molar-refractivity contribution is 5.30. The van der Waals surface area contributed by atoms with E-state index in [1.165, 1.54) is 12.1 Å². The van der Waals surface area contributed by atoms with E-state index in [1.54, 1.807) is 0 Å². The summed E-state index contributed by atoms with van der Waals surface area (Å²) < 4.78 is 25.8. The van der Waals surface area contributed by atoms with Gasteiger partial charge in [-0.1, -0.05) is 20.3 Å². The minimum absolute atomic E-state index is 0.387. The summed E-state index contributed by atoms with van der Waals surface area (Å²) in [5.41, 5.74) is 0.590. The minimum atomic E-state index is -0.891. The van der Waals surface area contributed by atoms with Gasteiger partial charge in [0, 0.05) is 0 Å².